The summed E-state index contributed by atoms with van der Waals surface area (Å²) >= 11 is 5.00. The van der Waals surface area contributed by atoms with Crippen molar-refractivity contribution < 1.29 is 9.53 Å². The molecule has 0 aromatic carbocycles. The SMILES string of the molecule is CCOC(=O)[C@@H]1CCc2nc(Br)sc2C1. The largest absolute Gasteiger partial charge is 0.466 e. The lowest BCUT2D eigenvalue weighted by molar-refractivity contribution is -0.148. The van der Waals surface area contributed by atoms with E-state index in [0.29, 0.717) is 6.61 Å². The maximum absolute atomic E-state index is 11.6. The van der Waals surface area contributed by atoms with Crippen molar-refractivity contribution in [1.29, 1.82) is 0 Å². The topological polar surface area (TPSA) is 39.2 Å². The molecule has 2 rings (SSSR count). The third kappa shape index (κ3) is 2.39. The van der Waals surface area contributed by atoms with Crippen LogP contribution in [0.4, 0.5) is 0 Å². The van der Waals surface area contributed by atoms with Crippen molar-refractivity contribution in [2.75, 3.05) is 6.61 Å². The predicted octanol–water partition coefficient (Wildman–Crippen LogP) is 2.57. The molecule has 1 aromatic heterocycles. The molecule has 3 nitrogen and oxygen atoms in total. The minimum absolute atomic E-state index is 0.0322. The van der Waals surface area contributed by atoms with Crippen molar-refractivity contribution in [2.45, 2.75) is 26.2 Å². The number of thiazole rings is 1. The molecule has 1 heterocycles. The summed E-state index contributed by atoms with van der Waals surface area (Å²) in [7, 11) is 0. The van der Waals surface area contributed by atoms with E-state index in [1.54, 1.807) is 11.3 Å². The van der Waals surface area contributed by atoms with Gasteiger partial charge < -0.3 is 4.74 Å². The smallest absolute Gasteiger partial charge is 0.309 e. The van der Waals surface area contributed by atoms with Crippen molar-refractivity contribution in [2.24, 2.45) is 5.92 Å². The van der Waals surface area contributed by atoms with Crippen LogP contribution in [0.25, 0.3) is 0 Å². The third-order valence-corrected chi connectivity index (χ3v) is 4.10. The molecule has 1 atom stereocenters. The van der Waals surface area contributed by atoms with Gasteiger partial charge in [-0.15, -0.1) is 11.3 Å². The molecule has 0 aliphatic heterocycles. The number of hydrogen-bond acceptors (Lipinski definition) is 4. The van der Waals surface area contributed by atoms with Crippen LogP contribution in [-0.2, 0) is 22.4 Å². The van der Waals surface area contributed by atoms with Crippen molar-refractivity contribution in [1.82, 2.24) is 4.98 Å². The molecule has 0 spiro atoms. The number of nitrogens with zero attached hydrogens (tertiary/aromatic N) is 1. The van der Waals surface area contributed by atoms with Gasteiger partial charge in [0, 0.05) is 4.88 Å². The summed E-state index contributed by atoms with van der Waals surface area (Å²) in [5.74, 6) is -0.0301. The van der Waals surface area contributed by atoms with Gasteiger partial charge in [-0.1, -0.05) is 0 Å². The third-order valence-electron chi connectivity index (χ3n) is 2.53. The molecule has 1 aromatic rings. The van der Waals surface area contributed by atoms with Gasteiger partial charge in [-0.3, -0.25) is 4.79 Å². The number of esters is 1. The van der Waals surface area contributed by atoms with Gasteiger partial charge in [-0.2, -0.15) is 0 Å². The molecule has 0 saturated carbocycles. The van der Waals surface area contributed by atoms with Crippen molar-refractivity contribution >= 4 is 33.2 Å². The first kappa shape index (κ1) is 11.1. The van der Waals surface area contributed by atoms with Gasteiger partial charge in [0.1, 0.15) is 0 Å². The average Bonchev–Trinajstić information content (AvgIpc) is 2.57. The minimum Gasteiger partial charge on any atom is -0.466 e. The number of carbonyl (C=O) groups excluding carboxylic acids is 1. The lowest BCUT2D eigenvalue weighted by Gasteiger charge is -2.19. The van der Waals surface area contributed by atoms with E-state index in [1.807, 2.05) is 6.92 Å². The van der Waals surface area contributed by atoms with Gasteiger partial charge in [0.2, 0.25) is 0 Å². The van der Waals surface area contributed by atoms with E-state index in [0.717, 1.165) is 28.9 Å². The van der Waals surface area contributed by atoms with E-state index in [2.05, 4.69) is 20.9 Å². The highest BCUT2D eigenvalue weighted by Crippen LogP contribution is 2.32. The zero-order valence-electron chi connectivity index (χ0n) is 8.46. The van der Waals surface area contributed by atoms with Crippen LogP contribution in [0.15, 0.2) is 3.92 Å². The summed E-state index contributed by atoms with van der Waals surface area (Å²) < 4.78 is 5.95. The first-order valence-corrected chi connectivity index (χ1v) is 6.62. The number of aromatic nitrogens is 1. The van der Waals surface area contributed by atoms with Crippen LogP contribution >= 0.6 is 27.3 Å². The van der Waals surface area contributed by atoms with E-state index in [-0.39, 0.29) is 11.9 Å². The second-order valence-electron chi connectivity index (χ2n) is 3.53. The van der Waals surface area contributed by atoms with Gasteiger partial charge >= 0.3 is 5.97 Å². The zero-order chi connectivity index (χ0) is 10.8. The molecule has 15 heavy (non-hydrogen) atoms. The van der Waals surface area contributed by atoms with Crippen molar-refractivity contribution in [3.63, 3.8) is 0 Å². The molecule has 0 unspecified atom stereocenters. The fraction of sp³-hybridized carbons (Fsp3) is 0.600. The molecule has 0 N–H and O–H groups in total. The summed E-state index contributed by atoms with van der Waals surface area (Å²) in [6.45, 7) is 2.31. The number of hydrogen-bond donors (Lipinski definition) is 0. The van der Waals surface area contributed by atoms with Crippen LogP contribution in [0.1, 0.15) is 23.9 Å². The minimum atomic E-state index is -0.0623. The molecule has 0 bridgehead atoms. The summed E-state index contributed by atoms with van der Waals surface area (Å²) in [5.41, 5.74) is 1.15. The van der Waals surface area contributed by atoms with Crippen LogP contribution in [0.2, 0.25) is 0 Å². The van der Waals surface area contributed by atoms with Crippen LogP contribution in [-0.4, -0.2) is 17.6 Å². The maximum Gasteiger partial charge on any atom is 0.309 e. The second-order valence-corrected chi connectivity index (χ2v) is 5.89. The second kappa shape index (κ2) is 4.61. The average molecular weight is 290 g/mol. The summed E-state index contributed by atoms with van der Waals surface area (Å²) in [5, 5.41) is 0. The molecule has 0 radical (unpaired) electrons. The Morgan fingerprint density at radius 1 is 1.73 bits per heavy atom. The highest BCUT2D eigenvalue weighted by molar-refractivity contribution is 9.11. The number of rotatable bonds is 2. The Kier molecular flexibility index (Phi) is 3.41. The van der Waals surface area contributed by atoms with E-state index < -0.39 is 0 Å². The molecule has 1 aliphatic rings. The fourth-order valence-electron chi connectivity index (χ4n) is 1.80. The molecular formula is C10H12BrNO2S. The monoisotopic (exact) mass is 289 g/mol. The summed E-state index contributed by atoms with van der Waals surface area (Å²) in [6.07, 6.45) is 2.54. The Balaban J connectivity index is 2.08. The molecule has 1 aliphatic carbocycles. The van der Waals surface area contributed by atoms with Crippen molar-refractivity contribution in [3.8, 4) is 0 Å². The number of ether oxygens (including phenoxy) is 1. The molecule has 5 heteroatoms. The van der Waals surface area contributed by atoms with E-state index in [1.165, 1.54) is 4.88 Å². The Morgan fingerprint density at radius 3 is 3.27 bits per heavy atom. The van der Waals surface area contributed by atoms with E-state index in [9.17, 15) is 4.79 Å². The summed E-state index contributed by atoms with van der Waals surface area (Å²) in [6, 6.07) is 0. The van der Waals surface area contributed by atoms with Gasteiger partial charge in [-0.05, 0) is 42.1 Å². The first-order valence-electron chi connectivity index (χ1n) is 5.01. The molecule has 0 fully saturated rings. The highest BCUT2D eigenvalue weighted by atomic mass is 79.9. The number of halogens is 1. The van der Waals surface area contributed by atoms with Gasteiger partial charge in [0.05, 0.1) is 18.2 Å². The van der Waals surface area contributed by atoms with Gasteiger partial charge in [0.25, 0.3) is 0 Å². The standard InChI is InChI=1S/C10H12BrNO2S/c1-2-14-9(13)6-3-4-7-8(5-6)15-10(11)12-7/h6H,2-5H2,1H3/t6-/m1/s1. The van der Waals surface area contributed by atoms with Crippen LogP contribution in [0.5, 0.6) is 0 Å². The fourth-order valence-corrected chi connectivity index (χ4v) is 3.51. The summed E-state index contributed by atoms with van der Waals surface area (Å²) in [4.78, 5) is 17.2. The Labute approximate surface area is 101 Å². The van der Waals surface area contributed by atoms with Gasteiger partial charge in [-0.25, -0.2) is 4.98 Å². The van der Waals surface area contributed by atoms with Crippen molar-refractivity contribution in [3.05, 3.63) is 14.5 Å². The molecular weight excluding hydrogens is 278 g/mol. The number of carbonyl (C=O) groups is 1. The lowest BCUT2D eigenvalue weighted by atomic mass is 9.91. The highest BCUT2D eigenvalue weighted by Gasteiger charge is 2.27. The zero-order valence-corrected chi connectivity index (χ0v) is 10.9. The lowest BCUT2D eigenvalue weighted by Crippen LogP contribution is -2.24. The van der Waals surface area contributed by atoms with E-state index in [4.69, 9.17) is 4.74 Å². The predicted molar refractivity (Wildman–Crippen MR) is 62.0 cm³/mol. The molecule has 82 valence electrons. The maximum atomic E-state index is 11.6. The van der Waals surface area contributed by atoms with E-state index >= 15 is 0 Å². The Hall–Kier alpha value is -0.420. The molecule has 0 saturated heterocycles. The van der Waals surface area contributed by atoms with Crippen LogP contribution < -0.4 is 0 Å². The normalized spacial score (nSPS) is 19.7. The quantitative estimate of drug-likeness (QED) is 0.786. The van der Waals surface area contributed by atoms with Crippen LogP contribution in [0, 0.1) is 5.92 Å². The number of fused-ring (bicyclic) bond motifs is 1. The molecule has 0 amide bonds. The van der Waals surface area contributed by atoms with Crippen LogP contribution in [0.3, 0.4) is 0 Å². The Morgan fingerprint density at radius 2 is 2.53 bits per heavy atom. The first-order chi connectivity index (χ1) is 7.20. The number of aryl methyl sites for hydroxylation is 1. The Bertz CT molecular complexity index is 377. The van der Waals surface area contributed by atoms with Gasteiger partial charge in [0.15, 0.2) is 3.92 Å².